The zero-order valence-corrected chi connectivity index (χ0v) is 20.5. The Labute approximate surface area is 210 Å². The number of para-hydroxylation sites is 1. The molecule has 0 spiro atoms. The number of carbonyl (C=O) groups is 3. The molecule has 0 bridgehead atoms. The fraction of sp³-hybridized carbons (Fsp3) is 0.423. The molecule has 35 heavy (non-hydrogen) atoms. The van der Waals surface area contributed by atoms with Crippen LogP contribution in [-0.2, 0) is 24.7 Å². The maximum Gasteiger partial charge on any atom is 0.313 e. The van der Waals surface area contributed by atoms with Crippen LogP contribution in [0.4, 0.5) is 5.69 Å². The minimum Gasteiger partial charge on any atom is -0.493 e. The first-order valence-electron chi connectivity index (χ1n) is 11.9. The fourth-order valence-corrected chi connectivity index (χ4v) is 4.63. The molecule has 3 amide bonds. The van der Waals surface area contributed by atoms with Gasteiger partial charge in [-0.05, 0) is 48.4 Å². The largest absolute Gasteiger partial charge is 0.493 e. The second-order valence-electron chi connectivity index (χ2n) is 8.95. The monoisotopic (exact) mass is 497 g/mol. The van der Waals surface area contributed by atoms with Gasteiger partial charge in [0, 0.05) is 44.3 Å². The number of nitrogens with zero attached hydrogens (tertiary/aromatic N) is 1. The van der Waals surface area contributed by atoms with E-state index in [2.05, 4.69) is 23.3 Å². The summed E-state index contributed by atoms with van der Waals surface area (Å²) in [6.45, 7) is 2.53. The van der Waals surface area contributed by atoms with Gasteiger partial charge in [0.15, 0.2) is 0 Å². The summed E-state index contributed by atoms with van der Waals surface area (Å²) in [4.78, 5) is 39.1. The third kappa shape index (κ3) is 6.35. The van der Waals surface area contributed by atoms with Crippen molar-refractivity contribution in [1.29, 1.82) is 0 Å². The van der Waals surface area contributed by atoms with Crippen LogP contribution in [0.25, 0.3) is 0 Å². The van der Waals surface area contributed by atoms with Crippen LogP contribution < -0.4 is 15.4 Å². The van der Waals surface area contributed by atoms with E-state index in [0.29, 0.717) is 63.6 Å². The quantitative estimate of drug-likeness (QED) is 0.385. The molecular weight excluding hydrogens is 466 g/mol. The molecule has 0 radical (unpaired) electrons. The van der Waals surface area contributed by atoms with Crippen LogP contribution in [0.2, 0.25) is 0 Å². The standard InChI is InChI=1S/C26H31N3O5S/c30-23(9-14-35)28-26(10-12-33-13-11-26)20-5-4-6-21(15-20)27-24(31)25(32)29-16-19(17-29)18-34-22-7-2-1-3-8-22/h1-8,15,19,35H,9-14,16-18H2,(H,27,31)(H,28,30). The highest BCUT2D eigenvalue weighted by Crippen LogP contribution is 2.33. The summed E-state index contributed by atoms with van der Waals surface area (Å²) in [6, 6.07) is 16.8. The third-order valence-electron chi connectivity index (χ3n) is 6.40. The van der Waals surface area contributed by atoms with Gasteiger partial charge >= 0.3 is 11.8 Å². The van der Waals surface area contributed by atoms with E-state index >= 15 is 0 Å². The van der Waals surface area contributed by atoms with Crippen molar-refractivity contribution in [2.75, 3.05) is 44.0 Å². The van der Waals surface area contributed by atoms with Gasteiger partial charge in [0.2, 0.25) is 5.91 Å². The first-order chi connectivity index (χ1) is 17.0. The van der Waals surface area contributed by atoms with Gasteiger partial charge < -0.3 is 25.0 Å². The van der Waals surface area contributed by atoms with E-state index in [1.165, 1.54) is 4.90 Å². The number of carbonyl (C=O) groups excluding carboxylic acids is 3. The molecule has 186 valence electrons. The van der Waals surface area contributed by atoms with Gasteiger partial charge in [-0.25, -0.2) is 0 Å². The van der Waals surface area contributed by atoms with Crippen LogP contribution in [0, 0.1) is 5.92 Å². The number of thiol groups is 1. The summed E-state index contributed by atoms with van der Waals surface area (Å²) in [5.74, 6) is 0.143. The number of amides is 3. The van der Waals surface area contributed by atoms with Gasteiger partial charge in [0.1, 0.15) is 5.75 Å². The Balaban J connectivity index is 1.33. The average molecular weight is 498 g/mol. The molecule has 2 fully saturated rings. The Morgan fingerprint density at radius 3 is 2.51 bits per heavy atom. The van der Waals surface area contributed by atoms with Crippen molar-refractivity contribution in [1.82, 2.24) is 10.2 Å². The number of ether oxygens (including phenoxy) is 2. The maximum absolute atomic E-state index is 12.6. The van der Waals surface area contributed by atoms with Crippen molar-refractivity contribution in [2.45, 2.75) is 24.8 Å². The van der Waals surface area contributed by atoms with E-state index in [0.717, 1.165) is 11.3 Å². The fourth-order valence-electron chi connectivity index (χ4n) is 4.43. The number of hydrogen-bond acceptors (Lipinski definition) is 6. The van der Waals surface area contributed by atoms with E-state index < -0.39 is 17.4 Å². The Kier molecular flexibility index (Phi) is 8.30. The number of nitrogens with one attached hydrogen (secondary N) is 2. The molecule has 2 aromatic carbocycles. The van der Waals surface area contributed by atoms with Gasteiger partial charge in [0.25, 0.3) is 0 Å². The number of anilines is 1. The lowest BCUT2D eigenvalue weighted by atomic mass is 9.82. The highest BCUT2D eigenvalue weighted by atomic mass is 32.1. The third-order valence-corrected chi connectivity index (χ3v) is 6.63. The molecule has 2 aromatic rings. The Bertz CT molecular complexity index is 1040. The molecule has 4 rings (SSSR count). The maximum atomic E-state index is 12.6. The lowest BCUT2D eigenvalue weighted by molar-refractivity contribution is -0.148. The van der Waals surface area contributed by atoms with Crippen molar-refractivity contribution < 1.29 is 23.9 Å². The summed E-state index contributed by atoms with van der Waals surface area (Å²) in [6.07, 6.45) is 1.58. The van der Waals surface area contributed by atoms with E-state index in [4.69, 9.17) is 9.47 Å². The molecule has 2 heterocycles. The molecule has 0 atom stereocenters. The zero-order valence-electron chi connectivity index (χ0n) is 19.6. The lowest BCUT2D eigenvalue weighted by Gasteiger charge is -2.39. The van der Waals surface area contributed by atoms with Crippen LogP contribution in [-0.4, -0.2) is 61.3 Å². The average Bonchev–Trinajstić information content (AvgIpc) is 2.84. The summed E-state index contributed by atoms with van der Waals surface area (Å²) >= 11 is 4.15. The van der Waals surface area contributed by atoms with Crippen LogP contribution in [0.3, 0.4) is 0 Å². The van der Waals surface area contributed by atoms with E-state index in [9.17, 15) is 14.4 Å². The van der Waals surface area contributed by atoms with E-state index in [1.54, 1.807) is 6.07 Å². The highest BCUT2D eigenvalue weighted by Gasteiger charge is 2.37. The number of hydrogen-bond donors (Lipinski definition) is 3. The first kappa shape index (κ1) is 25.1. The summed E-state index contributed by atoms with van der Waals surface area (Å²) in [7, 11) is 0. The normalized spacial score (nSPS) is 17.2. The Morgan fingerprint density at radius 1 is 1.06 bits per heavy atom. The molecule has 9 heteroatoms. The molecule has 2 N–H and O–H groups in total. The number of rotatable bonds is 8. The molecule has 0 aromatic heterocycles. The Hall–Kier alpha value is -3.04. The summed E-state index contributed by atoms with van der Waals surface area (Å²) in [5, 5.41) is 5.87. The van der Waals surface area contributed by atoms with Crippen molar-refractivity contribution in [3.05, 3.63) is 60.2 Å². The Morgan fingerprint density at radius 2 is 1.80 bits per heavy atom. The van der Waals surface area contributed by atoms with Crippen molar-refractivity contribution >= 4 is 36.0 Å². The minimum atomic E-state index is -0.676. The highest BCUT2D eigenvalue weighted by molar-refractivity contribution is 7.80. The topological polar surface area (TPSA) is 97.0 Å². The zero-order chi connectivity index (χ0) is 24.7. The van der Waals surface area contributed by atoms with Crippen molar-refractivity contribution in [3.63, 3.8) is 0 Å². The SMILES string of the molecule is O=C(CCS)NC1(c2cccc(NC(=O)C(=O)N3CC(COc4ccccc4)C3)c2)CCOCC1. The molecule has 0 saturated carbocycles. The summed E-state index contributed by atoms with van der Waals surface area (Å²) in [5.41, 5.74) is 0.812. The number of likely N-dealkylation sites (tertiary alicyclic amines) is 1. The van der Waals surface area contributed by atoms with E-state index in [-0.39, 0.29) is 11.8 Å². The van der Waals surface area contributed by atoms with Gasteiger partial charge in [-0.15, -0.1) is 0 Å². The predicted molar refractivity (Wildman–Crippen MR) is 135 cm³/mol. The smallest absolute Gasteiger partial charge is 0.313 e. The van der Waals surface area contributed by atoms with Gasteiger partial charge in [-0.3, -0.25) is 14.4 Å². The second-order valence-corrected chi connectivity index (χ2v) is 9.40. The van der Waals surface area contributed by atoms with E-state index in [1.807, 2.05) is 48.5 Å². The van der Waals surface area contributed by atoms with Gasteiger partial charge in [-0.2, -0.15) is 12.6 Å². The van der Waals surface area contributed by atoms with Crippen LogP contribution >= 0.6 is 12.6 Å². The molecule has 2 aliphatic heterocycles. The second kappa shape index (κ2) is 11.6. The van der Waals surface area contributed by atoms with Crippen LogP contribution in [0.1, 0.15) is 24.8 Å². The van der Waals surface area contributed by atoms with Crippen LogP contribution in [0.5, 0.6) is 5.75 Å². The molecule has 2 aliphatic rings. The van der Waals surface area contributed by atoms with Gasteiger partial charge in [-0.1, -0.05) is 30.3 Å². The minimum absolute atomic E-state index is 0.0740. The molecule has 0 aliphatic carbocycles. The predicted octanol–water partition coefficient (Wildman–Crippen LogP) is 2.60. The molecule has 8 nitrogen and oxygen atoms in total. The van der Waals surface area contributed by atoms with Crippen molar-refractivity contribution in [2.24, 2.45) is 5.92 Å². The first-order valence-corrected chi connectivity index (χ1v) is 12.5. The van der Waals surface area contributed by atoms with Crippen LogP contribution in [0.15, 0.2) is 54.6 Å². The summed E-state index contributed by atoms with van der Waals surface area (Å²) < 4.78 is 11.3. The number of benzene rings is 2. The molecule has 0 unspecified atom stereocenters. The van der Waals surface area contributed by atoms with Gasteiger partial charge in [0.05, 0.1) is 12.1 Å². The lowest BCUT2D eigenvalue weighted by Crippen LogP contribution is -2.55. The molecular formula is C26H31N3O5S. The molecule has 2 saturated heterocycles. The van der Waals surface area contributed by atoms with Crippen molar-refractivity contribution in [3.8, 4) is 5.75 Å².